The van der Waals surface area contributed by atoms with E-state index in [9.17, 15) is 4.79 Å². The Hall–Kier alpha value is -2.14. The van der Waals surface area contributed by atoms with Crippen molar-refractivity contribution in [3.05, 3.63) is 52.4 Å². The Balaban J connectivity index is 1.96. The summed E-state index contributed by atoms with van der Waals surface area (Å²) < 4.78 is 10.6. The number of carbonyl (C=O) groups is 1. The quantitative estimate of drug-likeness (QED) is 0.891. The number of aryl methyl sites for hydroxylation is 3. The zero-order valence-corrected chi connectivity index (χ0v) is 13.5. The molecule has 0 unspecified atom stereocenters. The second-order valence-electron chi connectivity index (χ2n) is 5.36. The van der Waals surface area contributed by atoms with Crippen LogP contribution in [-0.4, -0.2) is 24.7 Å². The second-order valence-corrected chi connectivity index (χ2v) is 5.36. The van der Waals surface area contributed by atoms with Gasteiger partial charge in [0.1, 0.15) is 5.76 Å². The van der Waals surface area contributed by atoms with Gasteiger partial charge in [-0.3, -0.25) is 4.79 Å². The molecule has 0 spiro atoms. The first-order valence-corrected chi connectivity index (χ1v) is 7.29. The largest absolute Gasteiger partial charge is 0.375 e. The van der Waals surface area contributed by atoms with E-state index < -0.39 is 0 Å². The summed E-state index contributed by atoms with van der Waals surface area (Å²) in [6.45, 7) is 6.12. The lowest BCUT2D eigenvalue weighted by Crippen LogP contribution is -2.30. The molecule has 5 heteroatoms. The molecule has 22 heavy (non-hydrogen) atoms. The molecule has 0 saturated carbocycles. The van der Waals surface area contributed by atoms with E-state index in [-0.39, 0.29) is 18.4 Å². The van der Waals surface area contributed by atoms with Crippen LogP contribution in [0.4, 0.5) is 0 Å². The van der Waals surface area contributed by atoms with Crippen LogP contribution in [0.15, 0.2) is 28.8 Å². The maximum atomic E-state index is 12.1. The Bertz CT molecular complexity index is 630. The monoisotopic (exact) mass is 302 g/mol. The Kier molecular flexibility index (Phi) is 5.33. The molecule has 1 amide bonds. The van der Waals surface area contributed by atoms with Crippen molar-refractivity contribution < 1.29 is 14.1 Å². The van der Waals surface area contributed by atoms with Gasteiger partial charge in [0.2, 0.25) is 5.91 Å². The number of nitrogens with zero attached hydrogens (tertiary/aromatic N) is 1. The molecule has 0 aliphatic heterocycles. The summed E-state index contributed by atoms with van der Waals surface area (Å²) in [6, 6.07) is 8.01. The van der Waals surface area contributed by atoms with Gasteiger partial charge in [0, 0.05) is 19.2 Å². The number of ether oxygens (including phenoxy) is 1. The fraction of sp³-hybridized carbons (Fsp3) is 0.412. The highest BCUT2D eigenvalue weighted by atomic mass is 16.5. The van der Waals surface area contributed by atoms with Gasteiger partial charge in [-0.2, -0.15) is 0 Å². The molecule has 1 atom stereocenters. The molecule has 0 fully saturated rings. The molecule has 1 aromatic carbocycles. The number of carbonyl (C=O) groups excluding carboxylic acids is 1. The van der Waals surface area contributed by atoms with E-state index in [4.69, 9.17) is 9.26 Å². The van der Waals surface area contributed by atoms with E-state index in [1.165, 1.54) is 0 Å². The normalized spacial score (nSPS) is 12.2. The number of methoxy groups -OCH3 is 1. The molecule has 0 aliphatic rings. The van der Waals surface area contributed by atoms with Crippen molar-refractivity contribution in [2.45, 2.75) is 33.3 Å². The molecule has 0 bridgehead atoms. The zero-order valence-electron chi connectivity index (χ0n) is 13.5. The average molecular weight is 302 g/mol. The third-order valence-corrected chi connectivity index (χ3v) is 3.82. The van der Waals surface area contributed by atoms with Gasteiger partial charge in [-0.15, -0.1) is 0 Å². The van der Waals surface area contributed by atoms with Crippen LogP contribution >= 0.6 is 0 Å². The summed E-state index contributed by atoms with van der Waals surface area (Å²) in [5, 5.41) is 6.78. The minimum atomic E-state index is -0.158. The van der Waals surface area contributed by atoms with Gasteiger partial charge in [-0.05, 0) is 31.9 Å². The molecule has 5 nitrogen and oxygen atoms in total. The van der Waals surface area contributed by atoms with Crippen molar-refractivity contribution >= 4 is 5.91 Å². The van der Waals surface area contributed by atoms with Gasteiger partial charge in [-0.1, -0.05) is 29.4 Å². The van der Waals surface area contributed by atoms with Crippen LogP contribution in [-0.2, 0) is 16.0 Å². The molecule has 0 aliphatic carbocycles. The molecule has 1 aromatic heterocycles. The smallest absolute Gasteiger partial charge is 0.224 e. The number of hydrogen-bond acceptors (Lipinski definition) is 4. The van der Waals surface area contributed by atoms with Crippen LogP contribution in [0.2, 0.25) is 0 Å². The maximum Gasteiger partial charge on any atom is 0.224 e. The third-order valence-electron chi connectivity index (χ3n) is 3.82. The first kappa shape index (κ1) is 16.2. The fourth-order valence-corrected chi connectivity index (χ4v) is 2.45. The Morgan fingerprint density at radius 1 is 1.32 bits per heavy atom. The minimum absolute atomic E-state index is 0.0648. The average Bonchev–Trinajstić information content (AvgIpc) is 2.81. The fourth-order valence-electron chi connectivity index (χ4n) is 2.45. The van der Waals surface area contributed by atoms with E-state index in [0.29, 0.717) is 12.3 Å². The van der Waals surface area contributed by atoms with Crippen LogP contribution in [0, 0.1) is 20.8 Å². The van der Waals surface area contributed by atoms with Gasteiger partial charge in [-0.25, -0.2) is 0 Å². The summed E-state index contributed by atoms with van der Waals surface area (Å²) >= 11 is 0. The van der Waals surface area contributed by atoms with E-state index in [1.54, 1.807) is 7.11 Å². The highest BCUT2D eigenvalue weighted by Crippen LogP contribution is 2.19. The summed E-state index contributed by atoms with van der Waals surface area (Å²) in [4.78, 5) is 12.1. The van der Waals surface area contributed by atoms with E-state index in [0.717, 1.165) is 22.4 Å². The summed E-state index contributed by atoms with van der Waals surface area (Å²) in [5.41, 5.74) is 3.84. The van der Waals surface area contributed by atoms with Crippen LogP contribution in [0.1, 0.15) is 34.2 Å². The van der Waals surface area contributed by atoms with Crippen LogP contribution in [0.5, 0.6) is 0 Å². The highest BCUT2D eigenvalue weighted by Gasteiger charge is 2.16. The van der Waals surface area contributed by atoms with Crippen LogP contribution in [0.3, 0.4) is 0 Å². The first-order valence-electron chi connectivity index (χ1n) is 7.29. The number of benzene rings is 1. The summed E-state index contributed by atoms with van der Waals surface area (Å²) in [6.07, 6.45) is 0.112. The molecule has 2 aromatic rings. The van der Waals surface area contributed by atoms with Crippen molar-refractivity contribution in [2.75, 3.05) is 13.7 Å². The first-order chi connectivity index (χ1) is 10.5. The number of aromatic nitrogens is 1. The summed E-state index contributed by atoms with van der Waals surface area (Å²) in [5.74, 6) is 0.625. The Morgan fingerprint density at radius 2 is 2.05 bits per heavy atom. The maximum absolute atomic E-state index is 12.1. The molecular formula is C17H22N2O3. The van der Waals surface area contributed by atoms with Crippen LogP contribution in [0.25, 0.3) is 0 Å². The van der Waals surface area contributed by atoms with Crippen molar-refractivity contribution in [3.63, 3.8) is 0 Å². The third kappa shape index (κ3) is 3.74. The lowest BCUT2D eigenvalue weighted by Gasteiger charge is -2.18. The molecule has 2 rings (SSSR count). The van der Waals surface area contributed by atoms with Crippen LogP contribution < -0.4 is 5.32 Å². The predicted octanol–water partition coefficient (Wildman–Crippen LogP) is 2.65. The van der Waals surface area contributed by atoms with Gasteiger partial charge in [0.25, 0.3) is 0 Å². The second kappa shape index (κ2) is 7.22. The van der Waals surface area contributed by atoms with Crippen molar-refractivity contribution in [1.82, 2.24) is 10.5 Å². The summed E-state index contributed by atoms with van der Waals surface area (Å²) in [7, 11) is 1.65. The SMILES string of the molecule is CO[C@H](CNC(=O)Cc1c(C)noc1C)c1ccccc1C. The number of nitrogens with one attached hydrogen (secondary N) is 1. The Labute approximate surface area is 130 Å². The van der Waals surface area contributed by atoms with Gasteiger partial charge < -0.3 is 14.6 Å². The molecule has 0 saturated heterocycles. The predicted molar refractivity (Wildman–Crippen MR) is 83.6 cm³/mol. The van der Waals surface area contributed by atoms with Crippen molar-refractivity contribution in [1.29, 1.82) is 0 Å². The lowest BCUT2D eigenvalue weighted by molar-refractivity contribution is -0.121. The van der Waals surface area contributed by atoms with Gasteiger partial charge in [0.15, 0.2) is 0 Å². The number of hydrogen-bond donors (Lipinski definition) is 1. The van der Waals surface area contributed by atoms with Crippen molar-refractivity contribution in [3.8, 4) is 0 Å². The lowest BCUT2D eigenvalue weighted by atomic mass is 10.0. The number of rotatable bonds is 6. The molecule has 0 radical (unpaired) electrons. The van der Waals surface area contributed by atoms with Crippen molar-refractivity contribution in [2.24, 2.45) is 0 Å². The number of amides is 1. The zero-order chi connectivity index (χ0) is 16.1. The van der Waals surface area contributed by atoms with E-state index in [2.05, 4.69) is 10.5 Å². The molecule has 1 N–H and O–H groups in total. The molecular weight excluding hydrogens is 280 g/mol. The van der Waals surface area contributed by atoms with E-state index in [1.807, 2.05) is 45.0 Å². The Morgan fingerprint density at radius 3 is 2.64 bits per heavy atom. The van der Waals surface area contributed by atoms with E-state index >= 15 is 0 Å². The molecule has 1 heterocycles. The highest BCUT2D eigenvalue weighted by molar-refractivity contribution is 5.79. The van der Waals surface area contributed by atoms with Gasteiger partial charge >= 0.3 is 0 Å². The topological polar surface area (TPSA) is 64.4 Å². The molecule has 118 valence electrons. The minimum Gasteiger partial charge on any atom is -0.375 e. The standard InChI is InChI=1S/C17H22N2O3/c1-11-7-5-6-8-14(11)16(21-4)10-18-17(20)9-15-12(2)19-22-13(15)3/h5-8,16H,9-10H2,1-4H3,(H,18,20)/t16-/m1/s1. The van der Waals surface area contributed by atoms with Gasteiger partial charge in [0.05, 0.1) is 18.2 Å².